The molecule has 0 spiro atoms. The van der Waals surface area contributed by atoms with Crippen molar-refractivity contribution in [2.75, 3.05) is 24.8 Å². The Hall–Kier alpha value is -3.26. The van der Waals surface area contributed by atoms with Gasteiger partial charge < -0.3 is 19.7 Å². The summed E-state index contributed by atoms with van der Waals surface area (Å²) in [6.07, 6.45) is 5.24. The van der Waals surface area contributed by atoms with E-state index < -0.39 is 0 Å². The third-order valence-corrected chi connectivity index (χ3v) is 6.87. The standard InChI is InChI=1S/C25H26N4O3S/c1-17-4-7-20(8-5-17)33-25-23(26-10-11-27-25)29-12-2-3-19(15-29)24(30)28-14-18-6-9-21-22(13-18)32-16-31-21/h4-11,13,19H,2-3,12,14-16H2,1H3,(H,28,30)/t19-/m0/s1. The summed E-state index contributed by atoms with van der Waals surface area (Å²) < 4.78 is 10.8. The lowest BCUT2D eigenvalue weighted by atomic mass is 9.97. The van der Waals surface area contributed by atoms with E-state index in [0.717, 1.165) is 52.2 Å². The quantitative estimate of drug-likeness (QED) is 0.588. The topological polar surface area (TPSA) is 76.6 Å². The lowest BCUT2D eigenvalue weighted by Gasteiger charge is -2.33. The Morgan fingerprint density at radius 2 is 1.94 bits per heavy atom. The molecule has 2 aliphatic heterocycles. The van der Waals surface area contributed by atoms with Crippen molar-refractivity contribution >= 4 is 23.5 Å². The highest BCUT2D eigenvalue weighted by Gasteiger charge is 2.28. The molecule has 7 nitrogen and oxygen atoms in total. The highest BCUT2D eigenvalue weighted by molar-refractivity contribution is 7.99. The molecule has 33 heavy (non-hydrogen) atoms. The molecular weight excluding hydrogens is 436 g/mol. The second kappa shape index (κ2) is 9.70. The molecule has 0 saturated carbocycles. The highest BCUT2D eigenvalue weighted by atomic mass is 32.2. The first-order chi connectivity index (χ1) is 16.2. The Morgan fingerprint density at radius 3 is 2.82 bits per heavy atom. The van der Waals surface area contributed by atoms with Gasteiger partial charge in [0.1, 0.15) is 5.03 Å². The van der Waals surface area contributed by atoms with Crippen molar-refractivity contribution in [1.82, 2.24) is 15.3 Å². The fourth-order valence-corrected chi connectivity index (χ4v) is 4.97. The van der Waals surface area contributed by atoms with Gasteiger partial charge in [0.25, 0.3) is 0 Å². The van der Waals surface area contributed by atoms with Crippen LogP contribution in [0.2, 0.25) is 0 Å². The number of nitrogens with zero attached hydrogens (tertiary/aromatic N) is 3. The van der Waals surface area contributed by atoms with Crippen LogP contribution in [0.25, 0.3) is 0 Å². The lowest BCUT2D eigenvalue weighted by molar-refractivity contribution is -0.125. The summed E-state index contributed by atoms with van der Waals surface area (Å²) in [5.41, 5.74) is 2.22. The van der Waals surface area contributed by atoms with Crippen molar-refractivity contribution in [3.63, 3.8) is 0 Å². The van der Waals surface area contributed by atoms with Gasteiger partial charge in [-0.25, -0.2) is 9.97 Å². The Labute approximate surface area is 197 Å². The van der Waals surface area contributed by atoms with E-state index in [4.69, 9.17) is 9.47 Å². The van der Waals surface area contributed by atoms with Gasteiger partial charge in [-0.3, -0.25) is 4.79 Å². The van der Waals surface area contributed by atoms with Gasteiger partial charge in [0.2, 0.25) is 12.7 Å². The van der Waals surface area contributed by atoms with Gasteiger partial charge in [0.15, 0.2) is 17.3 Å². The molecule has 1 amide bonds. The summed E-state index contributed by atoms with van der Waals surface area (Å²) in [5.74, 6) is 2.29. The zero-order valence-corrected chi connectivity index (χ0v) is 19.3. The zero-order chi connectivity index (χ0) is 22.6. The van der Waals surface area contributed by atoms with Gasteiger partial charge in [-0.1, -0.05) is 35.5 Å². The number of aromatic nitrogens is 2. The van der Waals surface area contributed by atoms with Crippen molar-refractivity contribution in [3.05, 3.63) is 66.0 Å². The molecule has 0 unspecified atom stereocenters. The summed E-state index contributed by atoms with van der Waals surface area (Å²) in [6, 6.07) is 14.1. The molecular formula is C25H26N4O3S. The number of carbonyl (C=O) groups is 1. The Bertz CT molecular complexity index is 1140. The number of piperidine rings is 1. The Balaban J connectivity index is 1.23. The van der Waals surface area contributed by atoms with Crippen LogP contribution >= 0.6 is 11.8 Å². The maximum atomic E-state index is 13.0. The van der Waals surface area contributed by atoms with Crippen LogP contribution in [0.15, 0.2) is 64.8 Å². The lowest BCUT2D eigenvalue weighted by Crippen LogP contribution is -2.43. The van der Waals surface area contributed by atoms with Crippen molar-refractivity contribution in [2.24, 2.45) is 5.92 Å². The summed E-state index contributed by atoms with van der Waals surface area (Å²) in [7, 11) is 0. The van der Waals surface area contributed by atoms with Crippen LogP contribution in [0.5, 0.6) is 11.5 Å². The number of nitrogens with one attached hydrogen (secondary N) is 1. The van der Waals surface area contributed by atoms with Crippen molar-refractivity contribution in [3.8, 4) is 11.5 Å². The molecule has 3 aromatic rings. The zero-order valence-electron chi connectivity index (χ0n) is 18.5. The normalized spacial score (nSPS) is 17.1. The summed E-state index contributed by atoms with van der Waals surface area (Å²) >= 11 is 1.61. The largest absolute Gasteiger partial charge is 0.454 e. The van der Waals surface area contributed by atoms with E-state index >= 15 is 0 Å². The number of benzene rings is 2. The summed E-state index contributed by atoms with van der Waals surface area (Å²) in [4.78, 5) is 25.5. The van der Waals surface area contributed by atoms with E-state index in [9.17, 15) is 4.79 Å². The third-order valence-electron chi connectivity index (χ3n) is 5.88. The number of ether oxygens (including phenoxy) is 2. The highest BCUT2D eigenvalue weighted by Crippen LogP contribution is 2.34. The molecule has 1 atom stereocenters. The van der Waals surface area contributed by atoms with E-state index in [1.165, 1.54) is 5.56 Å². The summed E-state index contributed by atoms with van der Waals surface area (Å²) in [5, 5.41) is 3.95. The number of hydrogen-bond donors (Lipinski definition) is 1. The van der Waals surface area contributed by atoms with Crippen LogP contribution in [0.3, 0.4) is 0 Å². The van der Waals surface area contributed by atoms with Crippen LogP contribution in [0.4, 0.5) is 5.82 Å². The van der Waals surface area contributed by atoms with Crippen LogP contribution in [0, 0.1) is 12.8 Å². The van der Waals surface area contributed by atoms with Crippen molar-refractivity contribution in [2.45, 2.75) is 36.2 Å². The number of aryl methyl sites for hydroxylation is 1. The van der Waals surface area contributed by atoms with Gasteiger partial charge in [-0.05, 0) is 49.6 Å². The molecule has 8 heteroatoms. The molecule has 1 fully saturated rings. The molecule has 0 radical (unpaired) electrons. The molecule has 0 bridgehead atoms. The van der Waals surface area contributed by atoms with Gasteiger partial charge in [-0.2, -0.15) is 0 Å². The maximum Gasteiger partial charge on any atom is 0.231 e. The SMILES string of the molecule is Cc1ccc(Sc2nccnc2N2CCC[C@H](C(=O)NCc3ccc4c(c3)OCO4)C2)cc1. The fourth-order valence-electron chi connectivity index (χ4n) is 4.09. The average Bonchev–Trinajstić information content (AvgIpc) is 3.32. The molecule has 1 saturated heterocycles. The minimum Gasteiger partial charge on any atom is -0.454 e. The minimum atomic E-state index is -0.0907. The van der Waals surface area contributed by atoms with Gasteiger partial charge in [0, 0.05) is 36.9 Å². The van der Waals surface area contributed by atoms with E-state index in [1.54, 1.807) is 24.2 Å². The van der Waals surface area contributed by atoms with Gasteiger partial charge >= 0.3 is 0 Å². The molecule has 170 valence electrons. The Morgan fingerprint density at radius 1 is 1.12 bits per heavy atom. The second-order valence-corrected chi connectivity index (χ2v) is 9.35. The molecule has 1 aromatic heterocycles. The summed E-state index contributed by atoms with van der Waals surface area (Å²) in [6.45, 7) is 4.29. The predicted octanol–water partition coefficient (Wildman–Crippen LogP) is 4.20. The van der Waals surface area contributed by atoms with Crippen molar-refractivity contribution < 1.29 is 14.3 Å². The number of rotatable bonds is 6. The minimum absolute atomic E-state index is 0.0639. The average molecular weight is 463 g/mol. The monoisotopic (exact) mass is 462 g/mol. The molecule has 5 rings (SSSR count). The smallest absolute Gasteiger partial charge is 0.231 e. The van der Waals surface area contributed by atoms with Crippen LogP contribution < -0.4 is 19.7 Å². The number of anilines is 1. The van der Waals surface area contributed by atoms with E-state index in [-0.39, 0.29) is 18.6 Å². The number of amides is 1. The van der Waals surface area contributed by atoms with Gasteiger partial charge in [-0.15, -0.1) is 0 Å². The van der Waals surface area contributed by atoms with Crippen LogP contribution in [-0.2, 0) is 11.3 Å². The first-order valence-electron chi connectivity index (χ1n) is 11.1. The fraction of sp³-hybridized carbons (Fsp3) is 0.320. The number of fused-ring (bicyclic) bond motifs is 1. The number of carbonyl (C=O) groups excluding carboxylic acids is 1. The maximum absolute atomic E-state index is 13.0. The van der Waals surface area contributed by atoms with Crippen molar-refractivity contribution in [1.29, 1.82) is 0 Å². The molecule has 3 heterocycles. The molecule has 1 N–H and O–H groups in total. The molecule has 2 aromatic carbocycles. The van der Waals surface area contributed by atoms with E-state index in [2.05, 4.69) is 51.4 Å². The number of hydrogen-bond acceptors (Lipinski definition) is 7. The Kier molecular flexibility index (Phi) is 6.35. The first kappa shape index (κ1) is 21.6. The third kappa shape index (κ3) is 5.06. The molecule has 2 aliphatic rings. The first-order valence-corrected chi connectivity index (χ1v) is 11.9. The van der Waals surface area contributed by atoms with Crippen LogP contribution in [-0.4, -0.2) is 35.8 Å². The second-order valence-electron chi connectivity index (χ2n) is 8.29. The van der Waals surface area contributed by atoms with Gasteiger partial charge in [0.05, 0.1) is 5.92 Å². The predicted molar refractivity (Wildman–Crippen MR) is 127 cm³/mol. The van der Waals surface area contributed by atoms with E-state index in [0.29, 0.717) is 13.1 Å². The van der Waals surface area contributed by atoms with E-state index in [1.807, 2.05) is 18.2 Å². The molecule has 0 aliphatic carbocycles. The van der Waals surface area contributed by atoms with Crippen LogP contribution in [0.1, 0.15) is 24.0 Å².